The Kier molecular flexibility index (Phi) is 5.20. The van der Waals surface area contributed by atoms with Gasteiger partial charge < -0.3 is 5.32 Å². The van der Waals surface area contributed by atoms with Gasteiger partial charge in [0.2, 0.25) is 15.9 Å². The van der Waals surface area contributed by atoms with Gasteiger partial charge in [-0.15, -0.1) is 0 Å². The Morgan fingerprint density at radius 2 is 1.72 bits per heavy atom. The molecule has 2 aromatic rings. The topological polar surface area (TPSA) is 66.5 Å². The summed E-state index contributed by atoms with van der Waals surface area (Å²) in [6.45, 7) is 2.71. The number of fused-ring (bicyclic) bond motifs is 1. The molecule has 1 amide bonds. The van der Waals surface area contributed by atoms with Crippen LogP contribution in [0.5, 0.6) is 0 Å². The summed E-state index contributed by atoms with van der Waals surface area (Å²) in [5, 5.41) is 2.84. The van der Waals surface area contributed by atoms with Crippen LogP contribution in [0.25, 0.3) is 0 Å². The molecule has 5 nitrogen and oxygen atoms in total. The van der Waals surface area contributed by atoms with E-state index in [4.69, 9.17) is 0 Å². The van der Waals surface area contributed by atoms with E-state index in [-0.39, 0.29) is 17.3 Å². The van der Waals surface area contributed by atoms with Crippen LogP contribution in [-0.2, 0) is 27.8 Å². The number of carbonyl (C=O) groups is 1. The Hall–Kier alpha value is -2.18. The minimum absolute atomic E-state index is 0.206. The molecule has 2 aromatic carbocycles. The zero-order chi connectivity index (χ0) is 17.9. The molecule has 1 aliphatic rings. The number of nitrogens with zero attached hydrogens (tertiary/aromatic N) is 1. The van der Waals surface area contributed by atoms with Crippen molar-refractivity contribution in [2.24, 2.45) is 0 Å². The van der Waals surface area contributed by atoms with E-state index in [2.05, 4.69) is 5.32 Å². The van der Waals surface area contributed by atoms with Crippen molar-refractivity contribution < 1.29 is 13.2 Å². The number of sulfonamides is 1. The van der Waals surface area contributed by atoms with E-state index in [0.717, 1.165) is 17.5 Å². The van der Waals surface area contributed by atoms with Gasteiger partial charge >= 0.3 is 0 Å². The van der Waals surface area contributed by atoms with Crippen LogP contribution in [-0.4, -0.2) is 31.2 Å². The first-order chi connectivity index (χ1) is 12.0. The third-order valence-electron chi connectivity index (χ3n) is 4.41. The summed E-state index contributed by atoms with van der Waals surface area (Å²) in [6.07, 6.45) is 1.19. The van der Waals surface area contributed by atoms with E-state index < -0.39 is 16.1 Å². The van der Waals surface area contributed by atoms with Crippen LogP contribution in [0.2, 0.25) is 0 Å². The Labute approximate surface area is 148 Å². The van der Waals surface area contributed by atoms with Gasteiger partial charge in [0.1, 0.15) is 6.04 Å². The average molecular weight is 358 g/mol. The van der Waals surface area contributed by atoms with Crippen molar-refractivity contribution in [3.05, 3.63) is 65.7 Å². The molecule has 25 heavy (non-hydrogen) atoms. The molecule has 1 aliphatic heterocycles. The second-order valence-corrected chi connectivity index (χ2v) is 8.03. The molecule has 0 saturated heterocycles. The molecule has 132 valence electrons. The summed E-state index contributed by atoms with van der Waals surface area (Å²) in [5.74, 6) is -0.240. The number of amides is 1. The fourth-order valence-corrected chi connectivity index (χ4v) is 4.66. The number of hydrogen-bond acceptors (Lipinski definition) is 3. The van der Waals surface area contributed by atoms with E-state index in [9.17, 15) is 13.2 Å². The molecule has 1 atom stereocenters. The van der Waals surface area contributed by atoms with Crippen LogP contribution in [0.1, 0.15) is 24.5 Å². The Morgan fingerprint density at radius 1 is 1.08 bits per heavy atom. The number of carbonyl (C=O) groups excluding carboxylic acids is 1. The normalized spacial score (nSPS) is 17.7. The van der Waals surface area contributed by atoms with Crippen LogP contribution in [0.15, 0.2) is 59.5 Å². The molecule has 0 aliphatic carbocycles. The maximum absolute atomic E-state index is 13.1. The van der Waals surface area contributed by atoms with E-state index in [1.54, 1.807) is 30.3 Å². The highest BCUT2D eigenvalue weighted by Crippen LogP contribution is 2.29. The minimum atomic E-state index is -3.75. The molecule has 1 N–H and O–H groups in total. The fourth-order valence-electron chi connectivity index (χ4n) is 3.07. The lowest BCUT2D eigenvalue weighted by Crippen LogP contribution is -2.52. The highest BCUT2D eigenvalue weighted by atomic mass is 32.2. The van der Waals surface area contributed by atoms with Crippen molar-refractivity contribution >= 4 is 15.9 Å². The first kappa shape index (κ1) is 17.6. The van der Waals surface area contributed by atoms with Crippen LogP contribution in [0.4, 0.5) is 0 Å². The van der Waals surface area contributed by atoms with Gasteiger partial charge in [0.15, 0.2) is 0 Å². The largest absolute Gasteiger partial charge is 0.355 e. The highest BCUT2D eigenvalue weighted by Gasteiger charge is 2.39. The Balaban J connectivity index is 2.00. The van der Waals surface area contributed by atoms with Crippen molar-refractivity contribution in [2.75, 3.05) is 6.54 Å². The molecule has 0 bridgehead atoms. The predicted octanol–water partition coefficient (Wildman–Crippen LogP) is 2.33. The Bertz CT molecular complexity index is 850. The molecule has 0 aromatic heterocycles. The molecule has 0 unspecified atom stereocenters. The third kappa shape index (κ3) is 3.60. The summed E-state index contributed by atoms with van der Waals surface area (Å²) in [6, 6.07) is 15.2. The van der Waals surface area contributed by atoms with Gasteiger partial charge in [0.05, 0.1) is 4.90 Å². The van der Waals surface area contributed by atoms with Crippen molar-refractivity contribution in [1.82, 2.24) is 9.62 Å². The van der Waals surface area contributed by atoms with Gasteiger partial charge in [-0.1, -0.05) is 49.4 Å². The van der Waals surface area contributed by atoms with Crippen LogP contribution >= 0.6 is 0 Å². The maximum atomic E-state index is 13.1. The summed E-state index contributed by atoms with van der Waals surface area (Å²) >= 11 is 0. The number of benzene rings is 2. The molecule has 6 heteroatoms. The zero-order valence-corrected chi connectivity index (χ0v) is 15.0. The Morgan fingerprint density at radius 3 is 2.40 bits per heavy atom. The first-order valence-electron chi connectivity index (χ1n) is 8.45. The van der Waals surface area contributed by atoms with Gasteiger partial charge in [0.25, 0.3) is 0 Å². The molecule has 3 rings (SSSR count). The predicted molar refractivity (Wildman–Crippen MR) is 96.4 cm³/mol. The van der Waals surface area contributed by atoms with E-state index in [1.165, 1.54) is 4.31 Å². The highest BCUT2D eigenvalue weighted by molar-refractivity contribution is 7.89. The van der Waals surface area contributed by atoms with Crippen LogP contribution in [0, 0.1) is 0 Å². The van der Waals surface area contributed by atoms with Crippen molar-refractivity contribution in [3.8, 4) is 0 Å². The van der Waals surface area contributed by atoms with Crippen LogP contribution < -0.4 is 5.32 Å². The molecule has 0 fully saturated rings. The van der Waals surface area contributed by atoms with E-state index in [0.29, 0.717) is 13.0 Å². The van der Waals surface area contributed by atoms with E-state index in [1.807, 2.05) is 31.2 Å². The average Bonchev–Trinajstić information content (AvgIpc) is 2.65. The molecular weight excluding hydrogens is 336 g/mol. The second kappa shape index (κ2) is 7.37. The number of hydrogen-bond donors (Lipinski definition) is 1. The summed E-state index contributed by atoms with van der Waals surface area (Å²) < 4.78 is 27.6. The number of rotatable bonds is 5. The summed E-state index contributed by atoms with van der Waals surface area (Å²) in [7, 11) is -3.75. The van der Waals surface area contributed by atoms with Gasteiger partial charge in [-0.05, 0) is 36.1 Å². The molecule has 0 saturated carbocycles. The van der Waals surface area contributed by atoms with Gasteiger partial charge in [0, 0.05) is 13.1 Å². The van der Waals surface area contributed by atoms with Gasteiger partial charge in [-0.2, -0.15) is 4.31 Å². The van der Waals surface area contributed by atoms with Crippen LogP contribution in [0.3, 0.4) is 0 Å². The summed E-state index contributed by atoms with van der Waals surface area (Å²) in [5.41, 5.74) is 1.97. The standard InChI is InChI=1S/C19H22N2O3S/c1-2-12-20-19(22)18-13-15-8-6-7-9-16(15)14-21(18)25(23,24)17-10-4-3-5-11-17/h3-11,18H,2,12-14H2,1H3,(H,20,22)/t18-/m1/s1. The maximum Gasteiger partial charge on any atom is 0.244 e. The summed E-state index contributed by atoms with van der Waals surface area (Å²) in [4.78, 5) is 12.8. The molecule has 1 heterocycles. The monoisotopic (exact) mass is 358 g/mol. The molecular formula is C19H22N2O3S. The second-order valence-electron chi connectivity index (χ2n) is 6.14. The smallest absolute Gasteiger partial charge is 0.244 e. The quantitative estimate of drug-likeness (QED) is 0.892. The first-order valence-corrected chi connectivity index (χ1v) is 9.89. The van der Waals surface area contributed by atoms with Crippen molar-refractivity contribution in [1.29, 1.82) is 0 Å². The van der Waals surface area contributed by atoms with Crippen molar-refractivity contribution in [3.63, 3.8) is 0 Å². The fraction of sp³-hybridized carbons (Fsp3) is 0.316. The zero-order valence-electron chi connectivity index (χ0n) is 14.2. The lowest BCUT2D eigenvalue weighted by atomic mass is 9.95. The third-order valence-corrected chi connectivity index (χ3v) is 6.28. The lowest BCUT2D eigenvalue weighted by Gasteiger charge is -2.35. The van der Waals surface area contributed by atoms with Crippen molar-refractivity contribution in [2.45, 2.75) is 37.2 Å². The minimum Gasteiger partial charge on any atom is -0.355 e. The lowest BCUT2D eigenvalue weighted by molar-refractivity contribution is -0.125. The molecule has 0 spiro atoms. The molecule has 0 radical (unpaired) electrons. The number of nitrogens with one attached hydrogen (secondary N) is 1. The van der Waals surface area contributed by atoms with Gasteiger partial charge in [-0.25, -0.2) is 8.42 Å². The SMILES string of the molecule is CCCNC(=O)[C@H]1Cc2ccccc2CN1S(=O)(=O)c1ccccc1. The van der Waals surface area contributed by atoms with Gasteiger partial charge in [-0.3, -0.25) is 4.79 Å². The van der Waals surface area contributed by atoms with E-state index >= 15 is 0 Å².